The Labute approximate surface area is 96.0 Å². The molecular weight excluding hydrogens is 221 g/mol. The predicted octanol–water partition coefficient (Wildman–Crippen LogP) is 3.21. The van der Waals surface area contributed by atoms with E-state index in [1.54, 1.807) is 0 Å². The maximum atomic E-state index is 5.74. The molecule has 0 saturated carbocycles. The van der Waals surface area contributed by atoms with Crippen LogP contribution in [0.3, 0.4) is 0 Å². The molecule has 0 bridgehead atoms. The molecule has 0 aromatic heterocycles. The molecule has 0 radical (unpaired) electrons. The van der Waals surface area contributed by atoms with Crippen LogP contribution in [0.1, 0.15) is 6.92 Å². The van der Waals surface area contributed by atoms with Crippen LogP contribution in [0, 0.1) is 0 Å². The number of ether oxygens (including phenoxy) is 1. The molecule has 80 valence electrons. The predicted molar refractivity (Wildman–Crippen MR) is 63.7 cm³/mol. The second-order valence-corrected chi connectivity index (χ2v) is 3.07. The zero-order valence-corrected chi connectivity index (χ0v) is 9.70. The van der Waals surface area contributed by atoms with E-state index in [1.165, 1.54) is 0 Å². The topological polar surface area (TPSA) is 21.3 Å². The highest BCUT2D eigenvalue weighted by Gasteiger charge is 1.90. The molecule has 14 heavy (non-hydrogen) atoms. The van der Waals surface area contributed by atoms with Crippen LogP contribution in [-0.2, 0) is 4.74 Å². The fourth-order valence-corrected chi connectivity index (χ4v) is 1.11. The largest absolute Gasteiger partial charge is 0.383 e. The van der Waals surface area contributed by atoms with Gasteiger partial charge in [0, 0.05) is 23.9 Å². The van der Waals surface area contributed by atoms with Crippen LogP contribution in [0.25, 0.3) is 0 Å². The molecule has 1 N–H and O–H groups in total. The van der Waals surface area contributed by atoms with Crippen molar-refractivity contribution in [3.63, 3.8) is 0 Å². The Morgan fingerprint density at radius 2 is 1.93 bits per heavy atom. The van der Waals surface area contributed by atoms with Crippen molar-refractivity contribution >= 4 is 29.7 Å². The van der Waals surface area contributed by atoms with E-state index < -0.39 is 0 Å². The number of hydrogen-bond acceptors (Lipinski definition) is 2. The van der Waals surface area contributed by atoms with Gasteiger partial charge in [0.15, 0.2) is 0 Å². The third kappa shape index (κ3) is 5.32. The number of halogens is 2. The number of nitrogens with one attached hydrogen (secondary N) is 1. The molecule has 0 fully saturated rings. The van der Waals surface area contributed by atoms with Gasteiger partial charge in [0.1, 0.15) is 0 Å². The second kappa shape index (κ2) is 7.92. The van der Waals surface area contributed by atoms with Gasteiger partial charge < -0.3 is 10.1 Å². The smallest absolute Gasteiger partial charge is 0.0638 e. The van der Waals surface area contributed by atoms with Crippen molar-refractivity contribution in [3.8, 4) is 0 Å². The van der Waals surface area contributed by atoms with Crippen molar-refractivity contribution in [2.45, 2.75) is 6.92 Å². The van der Waals surface area contributed by atoms with Gasteiger partial charge in [-0.05, 0) is 31.2 Å². The molecule has 2 nitrogen and oxygen atoms in total. The van der Waals surface area contributed by atoms with Crippen molar-refractivity contribution < 1.29 is 4.74 Å². The Kier molecular flexibility index (Phi) is 7.67. The van der Waals surface area contributed by atoms with Crippen molar-refractivity contribution in [2.24, 2.45) is 0 Å². The average Bonchev–Trinajstić information content (AvgIpc) is 2.15. The molecule has 0 amide bonds. The summed E-state index contributed by atoms with van der Waals surface area (Å²) in [5.41, 5.74) is 1.07. The lowest BCUT2D eigenvalue weighted by Crippen LogP contribution is -2.08. The van der Waals surface area contributed by atoms with Gasteiger partial charge in [-0.1, -0.05) is 11.6 Å². The zero-order chi connectivity index (χ0) is 9.52. The van der Waals surface area contributed by atoms with Crippen LogP contribution in [0.2, 0.25) is 5.02 Å². The van der Waals surface area contributed by atoms with Crippen LogP contribution in [0.4, 0.5) is 5.69 Å². The maximum Gasteiger partial charge on any atom is 0.0638 e. The van der Waals surface area contributed by atoms with Crippen LogP contribution < -0.4 is 5.32 Å². The summed E-state index contributed by atoms with van der Waals surface area (Å²) in [5.74, 6) is 0. The minimum absolute atomic E-state index is 0. The van der Waals surface area contributed by atoms with Gasteiger partial charge in [-0.2, -0.15) is 0 Å². The third-order valence-electron chi connectivity index (χ3n) is 1.62. The van der Waals surface area contributed by atoms with Gasteiger partial charge in [0.05, 0.1) is 6.61 Å². The first kappa shape index (κ1) is 13.6. The summed E-state index contributed by atoms with van der Waals surface area (Å²) in [4.78, 5) is 0. The Balaban J connectivity index is 0.00000169. The van der Waals surface area contributed by atoms with E-state index in [0.717, 1.165) is 30.5 Å². The summed E-state index contributed by atoms with van der Waals surface area (Å²) >= 11 is 5.74. The molecule has 4 heteroatoms. The lowest BCUT2D eigenvalue weighted by molar-refractivity contribution is 0.158. The molecule has 1 rings (SSSR count). The van der Waals surface area contributed by atoms with Crippen molar-refractivity contribution in [2.75, 3.05) is 25.1 Å². The SMILES string of the molecule is CCOCCNc1ccc(Cl)cc1.Cl. The number of benzene rings is 1. The molecule has 0 atom stereocenters. The first-order valence-corrected chi connectivity index (χ1v) is 4.78. The molecule has 0 heterocycles. The molecule has 1 aromatic carbocycles. The maximum absolute atomic E-state index is 5.74. The normalized spacial score (nSPS) is 9.29. The van der Waals surface area contributed by atoms with Gasteiger partial charge >= 0.3 is 0 Å². The average molecular weight is 236 g/mol. The minimum atomic E-state index is 0. The lowest BCUT2D eigenvalue weighted by atomic mass is 10.3. The Hall–Kier alpha value is -0.440. The highest BCUT2D eigenvalue weighted by molar-refractivity contribution is 6.30. The second-order valence-electron chi connectivity index (χ2n) is 2.63. The summed E-state index contributed by atoms with van der Waals surface area (Å²) < 4.78 is 5.19. The first-order chi connectivity index (χ1) is 6.33. The summed E-state index contributed by atoms with van der Waals surface area (Å²) in [7, 11) is 0. The Morgan fingerprint density at radius 1 is 1.29 bits per heavy atom. The number of rotatable bonds is 5. The number of anilines is 1. The summed E-state index contributed by atoms with van der Waals surface area (Å²) in [5, 5.41) is 3.98. The van der Waals surface area contributed by atoms with Crippen LogP contribution in [0.5, 0.6) is 0 Å². The van der Waals surface area contributed by atoms with Crippen LogP contribution in [-0.4, -0.2) is 19.8 Å². The molecule has 0 unspecified atom stereocenters. The molecular formula is C10H15Cl2NO. The van der Waals surface area contributed by atoms with Crippen LogP contribution >= 0.6 is 24.0 Å². The lowest BCUT2D eigenvalue weighted by Gasteiger charge is -2.05. The molecule has 1 aromatic rings. The fourth-order valence-electron chi connectivity index (χ4n) is 0.980. The van der Waals surface area contributed by atoms with Crippen molar-refractivity contribution in [1.29, 1.82) is 0 Å². The molecule has 0 spiro atoms. The summed E-state index contributed by atoms with van der Waals surface area (Å²) in [6.45, 7) is 4.32. The van der Waals surface area contributed by atoms with E-state index in [2.05, 4.69) is 5.32 Å². The highest BCUT2D eigenvalue weighted by atomic mass is 35.5. The monoisotopic (exact) mass is 235 g/mol. The summed E-state index contributed by atoms with van der Waals surface area (Å²) in [6.07, 6.45) is 0. The van der Waals surface area contributed by atoms with Gasteiger partial charge in [0.25, 0.3) is 0 Å². The van der Waals surface area contributed by atoms with E-state index in [9.17, 15) is 0 Å². The van der Waals surface area contributed by atoms with E-state index in [0.29, 0.717) is 0 Å². The van der Waals surface area contributed by atoms with Crippen molar-refractivity contribution in [3.05, 3.63) is 29.3 Å². The van der Waals surface area contributed by atoms with Gasteiger partial charge in [-0.25, -0.2) is 0 Å². The van der Waals surface area contributed by atoms with Crippen molar-refractivity contribution in [1.82, 2.24) is 0 Å². The Morgan fingerprint density at radius 3 is 2.50 bits per heavy atom. The zero-order valence-electron chi connectivity index (χ0n) is 8.13. The van der Waals surface area contributed by atoms with Crippen LogP contribution in [0.15, 0.2) is 24.3 Å². The van der Waals surface area contributed by atoms with Gasteiger partial charge in [-0.3, -0.25) is 0 Å². The quantitative estimate of drug-likeness (QED) is 0.792. The van der Waals surface area contributed by atoms with Gasteiger partial charge in [0.2, 0.25) is 0 Å². The third-order valence-corrected chi connectivity index (χ3v) is 1.88. The number of hydrogen-bond donors (Lipinski definition) is 1. The molecule has 0 aliphatic heterocycles. The molecule has 0 aliphatic carbocycles. The van der Waals surface area contributed by atoms with E-state index in [1.807, 2.05) is 31.2 Å². The van der Waals surface area contributed by atoms with E-state index in [-0.39, 0.29) is 12.4 Å². The standard InChI is InChI=1S/C10H14ClNO.ClH/c1-2-13-8-7-12-10-5-3-9(11)4-6-10;/h3-6,12H,2,7-8H2,1H3;1H. The van der Waals surface area contributed by atoms with E-state index >= 15 is 0 Å². The minimum Gasteiger partial charge on any atom is -0.383 e. The Bertz CT molecular complexity index is 238. The van der Waals surface area contributed by atoms with E-state index in [4.69, 9.17) is 16.3 Å². The fraction of sp³-hybridized carbons (Fsp3) is 0.400. The molecule has 0 saturated heterocycles. The summed E-state index contributed by atoms with van der Waals surface area (Å²) in [6, 6.07) is 7.64. The molecule has 0 aliphatic rings. The first-order valence-electron chi connectivity index (χ1n) is 4.40. The van der Waals surface area contributed by atoms with Gasteiger partial charge in [-0.15, -0.1) is 12.4 Å². The highest BCUT2D eigenvalue weighted by Crippen LogP contribution is 2.12.